The van der Waals surface area contributed by atoms with E-state index in [1.165, 1.54) is 11.3 Å². The first-order valence-corrected chi connectivity index (χ1v) is 7.54. The molecule has 1 N–H and O–H groups in total. The summed E-state index contributed by atoms with van der Waals surface area (Å²) < 4.78 is 1.64. The molecule has 4 rings (SSSR count). The van der Waals surface area contributed by atoms with Crippen molar-refractivity contribution < 1.29 is 0 Å². The number of para-hydroxylation sites is 1. The molecule has 0 radical (unpaired) electrons. The molecule has 0 saturated heterocycles. The smallest absolute Gasteiger partial charge is 0.211 e. The van der Waals surface area contributed by atoms with E-state index in [0.717, 1.165) is 22.2 Å². The van der Waals surface area contributed by atoms with Crippen LogP contribution in [0.1, 0.15) is 17.0 Å². The lowest BCUT2D eigenvalue weighted by atomic mass is 10.1. The Bertz CT molecular complexity index is 973. The Morgan fingerprint density at radius 1 is 1.32 bits per heavy atom. The number of hydrogen-bond acceptors (Lipinski definition) is 5. The van der Waals surface area contributed by atoms with Crippen molar-refractivity contribution in [2.24, 2.45) is 0 Å². The van der Waals surface area contributed by atoms with E-state index in [0.29, 0.717) is 17.2 Å². The maximum atomic E-state index is 9.28. The van der Waals surface area contributed by atoms with Gasteiger partial charge in [0, 0.05) is 35.1 Å². The number of aromatic nitrogens is 5. The summed E-state index contributed by atoms with van der Waals surface area (Å²) in [5.74, 6) is 0. The Labute approximate surface area is 129 Å². The molecule has 0 fully saturated rings. The lowest BCUT2D eigenvalue weighted by Gasteiger charge is -2.02. The first kappa shape index (κ1) is 12.7. The molecule has 3 heterocycles. The Balaban J connectivity index is 1.83. The molecule has 0 atom stereocenters. The predicted octanol–water partition coefficient (Wildman–Crippen LogP) is 2.67. The molecule has 0 unspecified atom stereocenters. The second kappa shape index (κ2) is 5.09. The molecule has 0 aliphatic rings. The Hall–Kier alpha value is -2.98. The highest BCUT2D eigenvalue weighted by atomic mass is 32.1. The highest BCUT2D eigenvalue weighted by Gasteiger charge is 2.17. The molecule has 22 heavy (non-hydrogen) atoms. The first-order valence-electron chi connectivity index (χ1n) is 6.66. The van der Waals surface area contributed by atoms with Crippen LogP contribution >= 0.6 is 11.3 Å². The lowest BCUT2D eigenvalue weighted by molar-refractivity contribution is 0.767. The van der Waals surface area contributed by atoms with Gasteiger partial charge in [-0.3, -0.25) is 0 Å². The first-order chi connectivity index (χ1) is 10.9. The lowest BCUT2D eigenvalue weighted by Crippen LogP contribution is -2.03. The summed E-state index contributed by atoms with van der Waals surface area (Å²) in [5, 5.41) is 21.0. The van der Waals surface area contributed by atoms with Gasteiger partial charge in [-0.1, -0.05) is 23.4 Å². The Morgan fingerprint density at radius 2 is 2.23 bits per heavy atom. The van der Waals surface area contributed by atoms with E-state index in [4.69, 9.17) is 0 Å². The molecule has 4 aromatic rings. The van der Waals surface area contributed by atoms with E-state index >= 15 is 0 Å². The number of nitrogens with one attached hydrogen (secondary N) is 1. The van der Waals surface area contributed by atoms with Crippen molar-refractivity contribution in [2.75, 3.05) is 0 Å². The van der Waals surface area contributed by atoms with Crippen LogP contribution in [-0.2, 0) is 6.42 Å². The molecule has 6 nitrogen and oxygen atoms in total. The van der Waals surface area contributed by atoms with Gasteiger partial charge < -0.3 is 4.98 Å². The third-order valence-corrected chi connectivity index (χ3v) is 4.25. The highest BCUT2D eigenvalue weighted by Crippen LogP contribution is 2.23. The van der Waals surface area contributed by atoms with Crippen LogP contribution in [0.4, 0.5) is 0 Å². The minimum absolute atomic E-state index is 0.334. The van der Waals surface area contributed by atoms with Gasteiger partial charge in [-0.05, 0) is 11.6 Å². The number of rotatable bonds is 3. The zero-order valence-corrected chi connectivity index (χ0v) is 12.2. The monoisotopic (exact) mass is 306 g/mol. The van der Waals surface area contributed by atoms with E-state index < -0.39 is 0 Å². The number of nitrogens with zero attached hydrogens (tertiary/aromatic N) is 5. The van der Waals surface area contributed by atoms with Crippen LogP contribution in [0.3, 0.4) is 0 Å². The van der Waals surface area contributed by atoms with Gasteiger partial charge >= 0.3 is 0 Å². The molecular formula is C15H10N6S. The summed E-state index contributed by atoms with van der Waals surface area (Å²) in [6, 6.07) is 10.2. The maximum Gasteiger partial charge on any atom is 0.211 e. The van der Waals surface area contributed by atoms with E-state index in [1.54, 1.807) is 10.9 Å². The fourth-order valence-corrected chi connectivity index (χ4v) is 3.09. The van der Waals surface area contributed by atoms with E-state index in [-0.39, 0.29) is 0 Å². The number of aromatic amines is 1. The van der Waals surface area contributed by atoms with Gasteiger partial charge in [0.25, 0.3) is 0 Å². The average molecular weight is 306 g/mol. The number of benzene rings is 1. The van der Waals surface area contributed by atoms with E-state index in [1.807, 2.05) is 29.8 Å². The Kier molecular flexibility index (Phi) is 2.95. The van der Waals surface area contributed by atoms with Crippen molar-refractivity contribution in [3.63, 3.8) is 0 Å². The number of hydrogen-bond donors (Lipinski definition) is 1. The average Bonchev–Trinajstić information content (AvgIpc) is 3.27. The minimum Gasteiger partial charge on any atom is -0.361 e. The molecule has 0 aliphatic carbocycles. The largest absolute Gasteiger partial charge is 0.361 e. The van der Waals surface area contributed by atoms with Crippen molar-refractivity contribution in [1.29, 1.82) is 5.26 Å². The molecule has 3 aromatic heterocycles. The van der Waals surface area contributed by atoms with Crippen LogP contribution in [0.5, 0.6) is 0 Å². The van der Waals surface area contributed by atoms with Crippen LogP contribution in [-0.4, -0.2) is 25.0 Å². The quantitative estimate of drug-likeness (QED) is 0.630. The molecule has 0 spiro atoms. The van der Waals surface area contributed by atoms with Gasteiger partial charge in [0.1, 0.15) is 6.07 Å². The van der Waals surface area contributed by atoms with Gasteiger partial charge in [-0.15, -0.1) is 16.4 Å². The van der Waals surface area contributed by atoms with Gasteiger partial charge in [0.15, 0.2) is 5.69 Å². The SMILES string of the molecule is N#Cc1nnn(-c2nccs2)c1Cc1c[nH]c2ccccc12. The van der Waals surface area contributed by atoms with Crippen LogP contribution < -0.4 is 0 Å². The molecule has 106 valence electrons. The molecule has 0 bridgehead atoms. The van der Waals surface area contributed by atoms with Gasteiger partial charge in [-0.2, -0.15) is 9.94 Å². The van der Waals surface area contributed by atoms with Crippen LogP contribution in [0.25, 0.3) is 16.0 Å². The summed E-state index contributed by atoms with van der Waals surface area (Å²) in [4.78, 5) is 7.49. The summed E-state index contributed by atoms with van der Waals surface area (Å²) in [5.41, 5.74) is 3.26. The predicted molar refractivity (Wildman–Crippen MR) is 82.9 cm³/mol. The third-order valence-electron chi connectivity index (χ3n) is 3.50. The van der Waals surface area contributed by atoms with Crippen molar-refractivity contribution in [1.82, 2.24) is 25.0 Å². The molecule has 0 amide bonds. The summed E-state index contributed by atoms with van der Waals surface area (Å²) in [6.07, 6.45) is 4.24. The number of thiazole rings is 1. The second-order valence-corrected chi connectivity index (χ2v) is 5.63. The zero-order chi connectivity index (χ0) is 14.9. The van der Waals surface area contributed by atoms with Crippen molar-refractivity contribution in [3.05, 3.63) is 59.0 Å². The number of fused-ring (bicyclic) bond motifs is 1. The summed E-state index contributed by atoms with van der Waals surface area (Å²) in [7, 11) is 0. The molecule has 1 aromatic carbocycles. The van der Waals surface area contributed by atoms with Crippen molar-refractivity contribution in [2.45, 2.75) is 6.42 Å². The highest BCUT2D eigenvalue weighted by molar-refractivity contribution is 7.12. The second-order valence-electron chi connectivity index (χ2n) is 4.76. The fraction of sp³-hybridized carbons (Fsp3) is 0.0667. The van der Waals surface area contributed by atoms with Crippen LogP contribution in [0.2, 0.25) is 0 Å². The normalized spacial score (nSPS) is 10.9. The fourth-order valence-electron chi connectivity index (χ4n) is 2.48. The summed E-state index contributed by atoms with van der Waals surface area (Å²) in [6.45, 7) is 0. The van der Waals surface area contributed by atoms with E-state index in [2.05, 4.69) is 32.4 Å². The van der Waals surface area contributed by atoms with Crippen LogP contribution in [0.15, 0.2) is 42.0 Å². The minimum atomic E-state index is 0.334. The molecular weight excluding hydrogens is 296 g/mol. The van der Waals surface area contributed by atoms with Gasteiger partial charge in [0.05, 0.1) is 5.69 Å². The van der Waals surface area contributed by atoms with Crippen molar-refractivity contribution >= 4 is 22.2 Å². The topological polar surface area (TPSA) is 83.2 Å². The van der Waals surface area contributed by atoms with Gasteiger partial charge in [0.2, 0.25) is 5.13 Å². The number of nitriles is 1. The maximum absolute atomic E-state index is 9.28. The number of H-pyrrole nitrogens is 1. The third kappa shape index (κ3) is 1.98. The van der Waals surface area contributed by atoms with E-state index in [9.17, 15) is 5.26 Å². The van der Waals surface area contributed by atoms with Gasteiger partial charge in [-0.25, -0.2) is 4.98 Å². The zero-order valence-electron chi connectivity index (χ0n) is 11.4. The molecule has 0 aliphatic heterocycles. The van der Waals surface area contributed by atoms with Crippen molar-refractivity contribution in [3.8, 4) is 11.2 Å². The molecule has 0 saturated carbocycles. The molecule has 7 heteroatoms. The Morgan fingerprint density at radius 3 is 3.05 bits per heavy atom. The standard InChI is InChI=1S/C15H10N6S/c16-8-13-14(21(20-19-13)15-17-5-6-22-15)7-10-9-18-12-4-2-1-3-11(10)12/h1-6,9,18H,7H2. The summed E-state index contributed by atoms with van der Waals surface area (Å²) >= 11 is 1.46. The van der Waals surface area contributed by atoms with Crippen LogP contribution in [0, 0.1) is 11.3 Å².